The molecule has 6 N–H and O–H groups in total. The predicted molar refractivity (Wildman–Crippen MR) is 127 cm³/mol. The van der Waals surface area contributed by atoms with Crippen molar-refractivity contribution in [3.8, 4) is 0 Å². The molecule has 0 amide bonds. The number of rotatable bonds is 9. The number of fused-ring (bicyclic) bond motifs is 1. The SMILES string of the molecule is Cc1ccc(Cn2c(NC3CCNCC3)nc3cccnc32)o1.O=C(O)CC(O)(CC(=O)O)C(=O)O. The summed E-state index contributed by atoms with van der Waals surface area (Å²) in [5.41, 5.74) is -0.942. The number of imidazole rings is 1. The third kappa shape index (κ3) is 7.02. The van der Waals surface area contributed by atoms with Crippen LogP contribution in [0.15, 0.2) is 34.9 Å². The average Bonchev–Trinajstić information content (AvgIpc) is 3.37. The van der Waals surface area contributed by atoms with Crippen molar-refractivity contribution in [2.24, 2.45) is 0 Å². The van der Waals surface area contributed by atoms with Crippen molar-refractivity contribution in [1.29, 1.82) is 0 Å². The van der Waals surface area contributed by atoms with E-state index in [1.165, 1.54) is 0 Å². The third-order valence-electron chi connectivity index (χ3n) is 5.57. The van der Waals surface area contributed by atoms with Gasteiger partial charge in [0.2, 0.25) is 5.95 Å². The van der Waals surface area contributed by atoms with Gasteiger partial charge in [0.15, 0.2) is 11.2 Å². The molecule has 0 bridgehead atoms. The van der Waals surface area contributed by atoms with Crippen LogP contribution in [-0.4, -0.2) is 77.6 Å². The van der Waals surface area contributed by atoms with Crippen LogP contribution < -0.4 is 10.6 Å². The van der Waals surface area contributed by atoms with Crippen LogP contribution in [0, 0.1) is 6.92 Å². The Bertz CT molecular complexity index is 1200. The van der Waals surface area contributed by atoms with E-state index in [1.807, 2.05) is 37.4 Å². The summed E-state index contributed by atoms with van der Waals surface area (Å²) in [6.07, 6.45) is 1.73. The molecular formula is C23H29N5O8. The van der Waals surface area contributed by atoms with Crippen LogP contribution in [0.5, 0.6) is 0 Å². The van der Waals surface area contributed by atoms with Crippen molar-refractivity contribution >= 4 is 35.0 Å². The molecule has 3 aromatic rings. The summed E-state index contributed by atoms with van der Waals surface area (Å²) in [5.74, 6) is -2.31. The molecule has 0 saturated carbocycles. The van der Waals surface area contributed by atoms with Crippen molar-refractivity contribution in [1.82, 2.24) is 19.9 Å². The second-order valence-corrected chi connectivity index (χ2v) is 8.53. The number of aryl methyl sites for hydroxylation is 1. The highest BCUT2D eigenvalue weighted by molar-refractivity contribution is 5.88. The number of nitrogens with one attached hydrogen (secondary N) is 2. The summed E-state index contributed by atoms with van der Waals surface area (Å²) in [5, 5.41) is 40.8. The molecule has 0 aromatic carbocycles. The van der Waals surface area contributed by atoms with E-state index in [0.717, 1.165) is 54.6 Å². The number of carbonyl (C=O) groups is 3. The fourth-order valence-electron chi connectivity index (χ4n) is 3.81. The van der Waals surface area contributed by atoms with Crippen molar-refractivity contribution < 1.29 is 39.2 Å². The van der Waals surface area contributed by atoms with Crippen LogP contribution in [0.4, 0.5) is 5.95 Å². The fourth-order valence-corrected chi connectivity index (χ4v) is 3.81. The quantitative estimate of drug-likeness (QED) is 0.245. The fraction of sp³-hybridized carbons (Fsp3) is 0.435. The average molecular weight is 504 g/mol. The van der Waals surface area contributed by atoms with Gasteiger partial charge >= 0.3 is 17.9 Å². The number of aromatic nitrogens is 3. The van der Waals surface area contributed by atoms with Gasteiger partial charge in [0, 0.05) is 12.2 Å². The number of aliphatic hydroxyl groups is 1. The van der Waals surface area contributed by atoms with E-state index in [2.05, 4.69) is 20.2 Å². The molecule has 1 aliphatic rings. The molecule has 4 heterocycles. The number of aliphatic carboxylic acids is 3. The van der Waals surface area contributed by atoms with Gasteiger partial charge in [-0.15, -0.1) is 0 Å². The first-order valence-corrected chi connectivity index (χ1v) is 11.3. The number of furan rings is 1. The third-order valence-corrected chi connectivity index (χ3v) is 5.57. The standard InChI is InChI=1S/C17H21N5O.C6H8O7/c1-12-4-5-14(23-12)11-22-16-15(3-2-8-19-16)21-17(22)20-13-6-9-18-10-7-13;7-3(8)1-6(13,5(11)12)2-4(9)10/h2-5,8,13,18H,6-7,9-11H2,1H3,(H,20,21);13H,1-2H2,(H,7,8)(H,9,10)(H,11,12). The van der Waals surface area contributed by atoms with E-state index >= 15 is 0 Å². The van der Waals surface area contributed by atoms with E-state index < -0.39 is 36.4 Å². The minimum atomic E-state index is -2.74. The molecule has 4 rings (SSSR count). The number of hydrogen-bond acceptors (Lipinski definition) is 9. The second kappa shape index (κ2) is 11.6. The largest absolute Gasteiger partial charge is 0.481 e. The topological polar surface area (TPSA) is 200 Å². The minimum absolute atomic E-state index is 0.449. The Kier molecular flexibility index (Phi) is 8.61. The van der Waals surface area contributed by atoms with E-state index in [0.29, 0.717) is 12.6 Å². The smallest absolute Gasteiger partial charge is 0.336 e. The van der Waals surface area contributed by atoms with Crippen LogP contribution in [-0.2, 0) is 20.9 Å². The van der Waals surface area contributed by atoms with Crippen molar-refractivity contribution in [2.45, 2.75) is 50.8 Å². The maximum absolute atomic E-state index is 10.3. The van der Waals surface area contributed by atoms with Gasteiger partial charge in [0.05, 0.1) is 19.4 Å². The van der Waals surface area contributed by atoms with Crippen LogP contribution >= 0.6 is 0 Å². The van der Waals surface area contributed by atoms with E-state index in [4.69, 9.17) is 29.8 Å². The number of piperidine rings is 1. The highest BCUT2D eigenvalue weighted by atomic mass is 16.4. The van der Waals surface area contributed by atoms with Crippen molar-refractivity contribution in [2.75, 3.05) is 18.4 Å². The predicted octanol–water partition coefficient (Wildman–Crippen LogP) is 1.30. The second-order valence-electron chi connectivity index (χ2n) is 8.53. The number of carboxylic acid groups (broad SMARTS) is 3. The number of hydrogen-bond donors (Lipinski definition) is 6. The Morgan fingerprint density at radius 3 is 2.36 bits per heavy atom. The molecule has 0 aliphatic carbocycles. The summed E-state index contributed by atoms with van der Waals surface area (Å²) in [7, 11) is 0. The summed E-state index contributed by atoms with van der Waals surface area (Å²) in [6, 6.07) is 8.37. The number of pyridine rings is 1. The number of anilines is 1. The highest BCUT2D eigenvalue weighted by Gasteiger charge is 2.40. The normalized spacial score (nSPS) is 14.2. The summed E-state index contributed by atoms with van der Waals surface area (Å²) in [4.78, 5) is 39.7. The zero-order valence-electron chi connectivity index (χ0n) is 19.7. The Hall–Kier alpha value is -3.97. The van der Waals surface area contributed by atoms with Gasteiger partial charge in [-0.1, -0.05) is 0 Å². The van der Waals surface area contributed by atoms with Gasteiger partial charge < -0.3 is 35.5 Å². The molecule has 0 atom stereocenters. The Labute approximate surface area is 205 Å². The molecule has 36 heavy (non-hydrogen) atoms. The molecule has 1 aliphatic heterocycles. The number of carboxylic acids is 3. The van der Waals surface area contributed by atoms with Crippen molar-refractivity contribution in [3.63, 3.8) is 0 Å². The zero-order valence-corrected chi connectivity index (χ0v) is 19.7. The lowest BCUT2D eigenvalue weighted by molar-refractivity contribution is -0.170. The van der Waals surface area contributed by atoms with Crippen molar-refractivity contribution in [3.05, 3.63) is 42.0 Å². The lowest BCUT2D eigenvalue weighted by atomic mass is 9.96. The lowest BCUT2D eigenvalue weighted by Gasteiger charge is -2.24. The molecule has 0 radical (unpaired) electrons. The molecule has 13 nitrogen and oxygen atoms in total. The maximum Gasteiger partial charge on any atom is 0.336 e. The van der Waals surface area contributed by atoms with Gasteiger partial charge in [-0.05, 0) is 57.1 Å². The van der Waals surface area contributed by atoms with Crippen LogP contribution in [0.2, 0.25) is 0 Å². The first kappa shape index (κ1) is 26.6. The van der Waals surface area contributed by atoms with Crippen LogP contribution in [0.25, 0.3) is 11.2 Å². The first-order valence-electron chi connectivity index (χ1n) is 11.3. The highest BCUT2D eigenvalue weighted by Crippen LogP contribution is 2.22. The number of nitrogens with zero attached hydrogens (tertiary/aromatic N) is 3. The van der Waals surface area contributed by atoms with Gasteiger partial charge in [-0.25, -0.2) is 14.8 Å². The van der Waals surface area contributed by atoms with Gasteiger partial charge in [0.1, 0.15) is 17.0 Å². The van der Waals surface area contributed by atoms with Gasteiger partial charge in [-0.2, -0.15) is 0 Å². The molecular weight excluding hydrogens is 474 g/mol. The lowest BCUT2D eigenvalue weighted by Crippen LogP contribution is -2.42. The summed E-state index contributed by atoms with van der Waals surface area (Å²) < 4.78 is 7.84. The minimum Gasteiger partial charge on any atom is -0.481 e. The van der Waals surface area contributed by atoms with E-state index in [-0.39, 0.29) is 0 Å². The molecule has 0 spiro atoms. The van der Waals surface area contributed by atoms with Crippen LogP contribution in [0.3, 0.4) is 0 Å². The Morgan fingerprint density at radius 1 is 1.14 bits per heavy atom. The molecule has 0 unspecified atom stereocenters. The Morgan fingerprint density at radius 2 is 1.81 bits per heavy atom. The molecule has 13 heteroatoms. The summed E-state index contributed by atoms with van der Waals surface area (Å²) >= 11 is 0. The maximum atomic E-state index is 10.3. The molecule has 194 valence electrons. The molecule has 3 aromatic heterocycles. The summed E-state index contributed by atoms with van der Waals surface area (Å²) in [6.45, 7) is 4.69. The Balaban J connectivity index is 0.000000240. The monoisotopic (exact) mass is 503 g/mol. The molecule has 1 fully saturated rings. The van der Waals surface area contributed by atoms with E-state index in [1.54, 1.807) is 0 Å². The van der Waals surface area contributed by atoms with Crippen LogP contribution in [0.1, 0.15) is 37.2 Å². The zero-order chi connectivity index (χ0) is 26.3. The molecule has 1 saturated heterocycles. The first-order chi connectivity index (χ1) is 17.1. The van der Waals surface area contributed by atoms with Gasteiger partial charge in [-0.3, -0.25) is 14.2 Å². The van der Waals surface area contributed by atoms with Gasteiger partial charge in [0.25, 0.3) is 0 Å². The van der Waals surface area contributed by atoms with E-state index in [9.17, 15) is 14.4 Å².